The Kier molecular flexibility index (Phi) is 6.87. The van der Waals surface area contributed by atoms with Crippen LogP contribution in [-0.2, 0) is 21.2 Å². The van der Waals surface area contributed by atoms with E-state index in [2.05, 4.69) is 10.0 Å². The second kappa shape index (κ2) is 8.66. The molecule has 1 aliphatic carbocycles. The minimum Gasteiger partial charge on any atom is -0.356 e. The van der Waals surface area contributed by atoms with E-state index >= 15 is 0 Å². The van der Waals surface area contributed by atoms with E-state index in [-0.39, 0.29) is 11.9 Å². The molecular weight excluding hydrogens is 336 g/mol. The Morgan fingerprint density at radius 2 is 1.83 bits per heavy atom. The number of carbonyl (C=O) groups is 1. The number of hydrogen-bond donors (Lipinski definition) is 2. The summed E-state index contributed by atoms with van der Waals surface area (Å²) < 4.78 is 27.4. The molecule has 2 rings (SSSR count). The van der Waals surface area contributed by atoms with E-state index in [4.69, 9.17) is 11.6 Å². The molecule has 0 atom stereocenters. The van der Waals surface area contributed by atoms with Crippen LogP contribution in [0.2, 0.25) is 0 Å². The summed E-state index contributed by atoms with van der Waals surface area (Å²) in [5.41, 5.74) is 0.982. The van der Waals surface area contributed by atoms with Crippen molar-refractivity contribution in [3.63, 3.8) is 0 Å². The molecule has 128 valence electrons. The first-order chi connectivity index (χ1) is 11.0. The Labute approximate surface area is 142 Å². The highest BCUT2D eigenvalue weighted by Gasteiger charge is 2.22. The molecule has 1 amide bonds. The first-order valence-corrected chi connectivity index (χ1v) is 9.97. The van der Waals surface area contributed by atoms with Crippen molar-refractivity contribution in [2.45, 2.75) is 49.5 Å². The van der Waals surface area contributed by atoms with E-state index in [1.807, 2.05) is 0 Å². The summed E-state index contributed by atoms with van der Waals surface area (Å²) in [4.78, 5) is 11.6. The molecule has 1 aliphatic rings. The molecule has 0 aliphatic heterocycles. The standard InChI is InChI=1S/C16H23ClN2O3S/c17-11-9-16(20)18-12-10-13-5-7-15(8-6-13)23(21,22)19-14-3-1-2-4-14/h5-8,14,19H,1-4,9-12H2,(H,18,20). The van der Waals surface area contributed by atoms with Crippen LogP contribution < -0.4 is 10.0 Å². The molecule has 1 aromatic carbocycles. The van der Waals surface area contributed by atoms with Crippen LogP contribution in [0.4, 0.5) is 0 Å². The van der Waals surface area contributed by atoms with Crippen molar-refractivity contribution in [2.75, 3.05) is 12.4 Å². The fraction of sp³-hybridized carbons (Fsp3) is 0.562. The second-order valence-corrected chi connectivity index (χ2v) is 7.88. The summed E-state index contributed by atoms with van der Waals surface area (Å²) in [5, 5.41) is 2.77. The quantitative estimate of drug-likeness (QED) is 0.699. The van der Waals surface area contributed by atoms with E-state index in [1.54, 1.807) is 24.3 Å². The Morgan fingerprint density at radius 1 is 1.17 bits per heavy atom. The topological polar surface area (TPSA) is 75.3 Å². The van der Waals surface area contributed by atoms with E-state index in [0.29, 0.717) is 30.2 Å². The van der Waals surface area contributed by atoms with E-state index in [0.717, 1.165) is 31.2 Å². The van der Waals surface area contributed by atoms with E-state index in [1.165, 1.54) is 0 Å². The Bertz CT molecular complexity index is 611. The number of benzene rings is 1. The fourth-order valence-electron chi connectivity index (χ4n) is 2.69. The van der Waals surface area contributed by atoms with Gasteiger partial charge in [0, 0.05) is 24.9 Å². The molecule has 1 fully saturated rings. The van der Waals surface area contributed by atoms with Gasteiger partial charge in [0.15, 0.2) is 0 Å². The van der Waals surface area contributed by atoms with Gasteiger partial charge in [-0.15, -0.1) is 11.6 Å². The van der Waals surface area contributed by atoms with Crippen molar-refractivity contribution < 1.29 is 13.2 Å². The van der Waals surface area contributed by atoms with Crippen LogP contribution in [-0.4, -0.2) is 32.8 Å². The van der Waals surface area contributed by atoms with Crippen molar-refractivity contribution >= 4 is 27.5 Å². The average molecular weight is 359 g/mol. The molecule has 5 nitrogen and oxygen atoms in total. The zero-order valence-corrected chi connectivity index (χ0v) is 14.6. The maximum Gasteiger partial charge on any atom is 0.240 e. The normalized spacial score (nSPS) is 15.7. The smallest absolute Gasteiger partial charge is 0.240 e. The predicted molar refractivity (Wildman–Crippen MR) is 91.1 cm³/mol. The van der Waals surface area contributed by atoms with Gasteiger partial charge in [-0.05, 0) is 37.0 Å². The van der Waals surface area contributed by atoms with Crippen LogP contribution >= 0.6 is 11.6 Å². The molecule has 0 bridgehead atoms. The Balaban J connectivity index is 1.87. The van der Waals surface area contributed by atoms with Gasteiger partial charge in [-0.25, -0.2) is 13.1 Å². The van der Waals surface area contributed by atoms with Crippen LogP contribution in [0.1, 0.15) is 37.7 Å². The highest BCUT2D eigenvalue weighted by Crippen LogP contribution is 2.20. The average Bonchev–Trinajstić information content (AvgIpc) is 3.00. The van der Waals surface area contributed by atoms with Gasteiger partial charge in [-0.3, -0.25) is 4.79 Å². The Morgan fingerprint density at radius 3 is 2.43 bits per heavy atom. The Hall–Kier alpha value is -1.11. The first-order valence-electron chi connectivity index (χ1n) is 7.95. The number of nitrogens with one attached hydrogen (secondary N) is 2. The highest BCUT2D eigenvalue weighted by molar-refractivity contribution is 7.89. The third-order valence-corrected chi connectivity index (χ3v) is 5.69. The lowest BCUT2D eigenvalue weighted by Crippen LogP contribution is -2.32. The summed E-state index contributed by atoms with van der Waals surface area (Å²) in [7, 11) is -3.44. The molecule has 7 heteroatoms. The lowest BCUT2D eigenvalue weighted by atomic mass is 10.1. The van der Waals surface area contributed by atoms with E-state index in [9.17, 15) is 13.2 Å². The molecule has 1 aromatic rings. The monoisotopic (exact) mass is 358 g/mol. The molecular formula is C16H23ClN2O3S. The predicted octanol–water partition coefficient (Wildman–Crippen LogP) is 2.20. The molecule has 1 saturated carbocycles. The van der Waals surface area contributed by atoms with Gasteiger partial charge in [-0.1, -0.05) is 25.0 Å². The molecule has 0 heterocycles. The van der Waals surface area contributed by atoms with Crippen LogP contribution in [0, 0.1) is 0 Å². The summed E-state index contributed by atoms with van der Waals surface area (Å²) >= 11 is 5.49. The molecule has 23 heavy (non-hydrogen) atoms. The lowest BCUT2D eigenvalue weighted by molar-refractivity contribution is -0.120. The van der Waals surface area contributed by atoms with Crippen molar-refractivity contribution in [1.82, 2.24) is 10.0 Å². The minimum absolute atomic E-state index is 0.0665. The van der Waals surface area contributed by atoms with Gasteiger partial charge in [0.05, 0.1) is 4.90 Å². The van der Waals surface area contributed by atoms with E-state index < -0.39 is 10.0 Å². The number of alkyl halides is 1. The number of carbonyl (C=O) groups excluding carboxylic acids is 1. The fourth-order valence-corrected chi connectivity index (χ4v) is 4.16. The lowest BCUT2D eigenvalue weighted by Gasteiger charge is -2.13. The summed E-state index contributed by atoms with van der Waals surface area (Å²) in [5.74, 6) is 0.242. The van der Waals surface area contributed by atoms with Gasteiger partial charge >= 0.3 is 0 Å². The highest BCUT2D eigenvalue weighted by atomic mass is 35.5. The van der Waals surface area contributed by atoms with Crippen LogP contribution in [0.5, 0.6) is 0 Å². The van der Waals surface area contributed by atoms with Gasteiger partial charge in [0.25, 0.3) is 0 Å². The maximum absolute atomic E-state index is 12.3. The first kappa shape index (κ1) is 18.2. The van der Waals surface area contributed by atoms with Crippen molar-refractivity contribution in [2.24, 2.45) is 0 Å². The largest absolute Gasteiger partial charge is 0.356 e. The van der Waals surface area contributed by atoms with Crippen molar-refractivity contribution in [1.29, 1.82) is 0 Å². The summed E-state index contributed by atoms with van der Waals surface area (Å²) in [6.07, 6.45) is 4.97. The third kappa shape index (κ3) is 5.79. The number of hydrogen-bond acceptors (Lipinski definition) is 3. The van der Waals surface area contributed by atoms with Crippen molar-refractivity contribution in [3.05, 3.63) is 29.8 Å². The molecule has 0 spiro atoms. The number of halogens is 1. The SMILES string of the molecule is O=C(CCCl)NCCc1ccc(S(=O)(=O)NC2CCCC2)cc1. The number of sulfonamides is 1. The second-order valence-electron chi connectivity index (χ2n) is 5.79. The summed E-state index contributed by atoms with van der Waals surface area (Å²) in [6, 6.07) is 6.88. The minimum atomic E-state index is -3.44. The maximum atomic E-state index is 12.3. The molecule has 0 aromatic heterocycles. The van der Waals surface area contributed by atoms with Crippen molar-refractivity contribution in [3.8, 4) is 0 Å². The zero-order chi connectivity index (χ0) is 16.7. The van der Waals surface area contributed by atoms with Gasteiger partial charge in [-0.2, -0.15) is 0 Å². The zero-order valence-electron chi connectivity index (χ0n) is 13.1. The molecule has 0 radical (unpaired) electrons. The van der Waals surface area contributed by atoms with Crippen LogP contribution in [0.15, 0.2) is 29.2 Å². The van der Waals surface area contributed by atoms with Crippen LogP contribution in [0.3, 0.4) is 0 Å². The molecule has 2 N–H and O–H groups in total. The number of amides is 1. The third-order valence-electron chi connectivity index (χ3n) is 3.97. The van der Waals surface area contributed by atoms with Crippen LogP contribution in [0.25, 0.3) is 0 Å². The van der Waals surface area contributed by atoms with Gasteiger partial charge in [0.1, 0.15) is 0 Å². The van der Waals surface area contributed by atoms with Gasteiger partial charge < -0.3 is 5.32 Å². The summed E-state index contributed by atoms with van der Waals surface area (Å²) in [6.45, 7) is 0.516. The molecule has 0 saturated heterocycles. The molecule has 0 unspecified atom stereocenters. The van der Waals surface area contributed by atoms with Gasteiger partial charge in [0.2, 0.25) is 15.9 Å². The number of rotatable bonds is 8.